The monoisotopic (exact) mass is 279 g/mol. The van der Waals surface area contributed by atoms with Crippen LogP contribution in [-0.4, -0.2) is 40.0 Å². The molecule has 1 aliphatic carbocycles. The normalized spacial score (nSPS) is 14.9. The van der Waals surface area contributed by atoms with Gasteiger partial charge in [-0.05, 0) is 18.9 Å². The molecule has 0 radical (unpaired) electrons. The third kappa shape index (κ3) is 2.64. The summed E-state index contributed by atoms with van der Waals surface area (Å²) >= 11 is 0. The number of aromatic amines is 1. The van der Waals surface area contributed by atoms with Gasteiger partial charge in [-0.1, -0.05) is 18.2 Å². The third-order valence-electron chi connectivity index (χ3n) is 3.51. The van der Waals surface area contributed by atoms with Crippen molar-refractivity contribution in [1.82, 2.24) is 15.1 Å². The van der Waals surface area contributed by atoms with Gasteiger partial charge in [0.1, 0.15) is 0 Å². The number of alkyl halides is 2. The quantitative estimate of drug-likeness (QED) is 0.913. The predicted molar refractivity (Wildman–Crippen MR) is 70.5 cm³/mol. The molecule has 1 N–H and O–H groups in total. The maximum absolute atomic E-state index is 12.6. The van der Waals surface area contributed by atoms with E-state index in [0.29, 0.717) is 5.69 Å². The Hall–Kier alpha value is -1.98. The maximum atomic E-state index is 12.6. The molecule has 0 spiro atoms. The number of rotatable bonds is 5. The molecule has 1 fully saturated rings. The topological polar surface area (TPSA) is 49.0 Å². The van der Waals surface area contributed by atoms with Crippen molar-refractivity contribution in [3.05, 3.63) is 30.0 Å². The van der Waals surface area contributed by atoms with Crippen LogP contribution in [0.1, 0.15) is 18.5 Å². The summed E-state index contributed by atoms with van der Waals surface area (Å²) in [5, 5.41) is 7.80. The summed E-state index contributed by atoms with van der Waals surface area (Å²) in [7, 11) is 0. The van der Waals surface area contributed by atoms with Crippen molar-refractivity contribution >= 4 is 16.8 Å². The number of amides is 1. The number of fused-ring (bicyclic) bond motifs is 1. The van der Waals surface area contributed by atoms with Crippen LogP contribution in [0, 0.1) is 0 Å². The Labute approximate surface area is 114 Å². The second-order valence-corrected chi connectivity index (χ2v) is 5.06. The molecule has 6 heteroatoms. The summed E-state index contributed by atoms with van der Waals surface area (Å²) in [4.78, 5) is 13.5. The first-order valence-corrected chi connectivity index (χ1v) is 6.65. The molecule has 1 aliphatic rings. The van der Waals surface area contributed by atoms with E-state index in [4.69, 9.17) is 0 Å². The Morgan fingerprint density at radius 2 is 2.15 bits per heavy atom. The lowest BCUT2D eigenvalue weighted by Crippen LogP contribution is -2.38. The minimum atomic E-state index is -2.49. The molecule has 0 aliphatic heterocycles. The number of hydrogen-bond donors (Lipinski definition) is 1. The molecule has 1 heterocycles. The van der Waals surface area contributed by atoms with Crippen LogP contribution in [0.5, 0.6) is 0 Å². The zero-order valence-corrected chi connectivity index (χ0v) is 10.9. The van der Waals surface area contributed by atoms with Crippen LogP contribution >= 0.6 is 0 Å². The Kier molecular flexibility index (Phi) is 3.38. The van der Waals surface area contributed by atoms with Gasteiger partial charge in [0.2, 0.25) is 5.91 Å². The molecule has 0 unspecified atom stereocenters. The standard InChI is InChI=1S/C14H15F2N3O/c15-13(16)8-19(9-5-6-9)14(20)7-12-10-3-1-2-4-11(10)17-18-12/h1-4,9,13H,5-8H2,(H,17,18). The summed E-state index contributed by atoms with van der Waals surface area (Å²) in [6.45, 7) is -0.477. The van der Waals surface area contributed by atoms with E-state index in [1.54, 1.807) is 0 Å². The van der Waals surface area contributed by atoms with E-state index < -0.39 is 13.0 Å². The van der Waals surface area contributed by atoms with Crippen LogP contribution in [0.3, 0.4) is 0 Å². The maximum Gasteiger partial charge on any atom is 0.255 e. The van der Waals surface area contributed by atoms with E-state index in [9.17, 15) is 13.6 Å². The van der Waals surface area contributed by atoms with Crippen molar-refractivity contribution in [1.29, 1.82) is 0 Å². The van der Waals surface area contributed by atoms with Crippen LogP contribution in [0.15, 0.2) is 24.3 Å². The van der Waals surface area contributed by atoms with Gasteiger partial charge < -0.3 is 4.90 Å². The van der Waals surface area contributed by atoms with Crippen molar-refractivity contribution in [2.45, 2.75) is 31.7 Å². The second kappa shape index (κ2) is 5.19. The molecule has 3 rings (SSSR count). The van der Waals surface area contributed by atoms with Gasteiger partial charge in [-0.2, -0.15) is 5.10 Å². The van der Waals surface area contributed by atoms with Crippen LogP contribution in [0.2, 0.25) is 0 Å². The number of carbonyl (C=O) groups is 1. The summed E-state index contributed by atoms with van der Waals surface area (Å²) in [5.74, 6) is -0.262. The highest BCUT2D eigenvalue weighted by molar-refractivity contribution is 5.87. The molecule has 1 amide bonds. The zero-order chi connectivity index (χ0) is 14.1. The molecule has 1 aromatic carbocycles. The molecule has 1 aromatic heterocycles. The molecule has 106 valence electrons. The lowest BCUT2D eigenvalue weighted by Gasteiger charge is -2.21. The van der Waals surface area contributed by atoms with Crippen molar-refractivity contribution in [3.8, 4) is 0 Å². The van der Waals surface area contributed by atoms with E-state index in [1.807, 2.05) is 24.3 Å². The van der Waals surface area contributed by atoms with Gasteiger partial charge >= 0.3 is 0 Å². The number of para-hydroxylation sites is 1. The van der Waals surface area contributed by atoms with Crippen molar-refractivity contribution in [2.24, 2.45) is 0 Å². The van der Waals surface area contributed by atoms with Crippen molar-refractivity contribution < 1.29 is 13.6 Å². The molecular weight excluding hydrogens is 264 g/mol. The first-order chi connectivity index (χ1) is 9.65. The SMILES string of the molecule is O=C(Cc1[nH]nc2ccccc12)N(CC(F)F)C1CC1. The minimum absolute atomic E-state index is 0.00862. The van der Waals surface area contributed by atoms with Gasteiger partial charge in [-0.25, -0.2) is 8.78 Å². The largest absolute Gasteiger partial charge is 0.334 e. The molecule has 2 aromatic rings. The van der Waals surface area contributed by atoms with Crippen LogP contribution in [0.25, 0.3) is 10.9 Å². The van der Waals surface area contributed by atoms with Crippen molar-refractivity contribution in [2.75, 3.05) is 6.54 Å². The molecule has 0 saturated heterocycles. The predicted octanol–water partition coefficient (Wildman–Crippen LogP) is 2.36. The molecule has 0 bridgehead atoms. The number of benzene rings is 1. The lowest BCUT2D eigenvalue weighted by atomic mass is 10.1. The van der Waals surface area contributed by atoms with E-state index in [2.05, 4.69) is 10.2 Å². The molecular formula is C14H15F2N3O. The van der Waals surface area contributed by atoms with Crippen molar-refractivity contribution in [3.63, 3.8) is 0 Å². The Bertz CT molecular complexity index is 622. The molecule has 4 nitrogen and oxygen atoms in total. The smallest absolute Gasteiger partial charge is 0.255 e. The summed E-state index contributed by atoms with van der Waals surface area (Å²) in [6, 6.07) is 7.44. The zero-order valence-electron chi connectivity index (χ0n) is 10.9. The van der Waals surface area contributed by atoms with Gasteiger partial charge in [0.15, 0.2) is 0 Å². The van der Waals surface area contributed by atoms with E-state index in [1.165, 1.54) is 4.90 Å². The van der Waals surface area contributed by atoms with Crippen LogP contribution in [0.4, 0.5) is 8.78 Å². The first-order valence-electron chi connectivity index (χ1n) is 6.65. The Morgan fingerprint density at radius 3 is 2.85 bits per heavy atom. The first kappa shape index (κ1) is 13.0. The highest BCUT2D eigenvalue weighted by atomic mass is 19.3. The van der Waals surface area contributed by atoms with E-state index in [0.717, 1.165) is 23.7 Å². The Morgan fingerprint density at radius 1 is 1.40 bits per heavy atom. The number of aromatic nitrogens is 2. The van der Waals surface area contributed by atoms with Gasteiger partial charge in [-0.15, -0.1) is 0 Å². The van der Waals surface area contributed by atoms with Crippen LogP contribution < -0.4 is 0 Å². The Balaban J connectivity index is 1.77. The van der Waals surface area contributed by atoms with Gasteiger partial charge in [-0.3, -0.25) is 9.89 Å². The summed E-state index contributed by atoms with van der Waals surface area (Å²) < 4.78 is 25.1. The highest BCUT2D eigenvalue weighted by Crippen LogP contribution is 2.28. The molecule has 1 saturated carbocycles. The summed E-state index contributed by atoms with van der Waals surface area (Å²) in [6.07, 6.45) is -0.758. The fourth-order valence-electron chi connectivity index (χ4n) is 2.39. The van der Waals surface area contributed by atoms with Crippen LogP contribution in [-0.2, 0) is 11.2 Å². The average molecular weight is 279 g/mol. The summed E-state index contributed by atoms with van der Waals surface area (Å²) in [5.41, 5.74) is 1.47. The lowest BCUT2D eigenvalue weighted by molar-refractivity contribution is -0.133. The number of halogens is 2. The molecule has 20 heavy (non-hydrogen) atoms. The highest BCUT2D eigenvalue weighted by Gasteiger charge is 2.34. The van der Waals surface area contributed by atoms with Gasteiger partial charge in [0, 0.05) is 11.4 Å². The van der Waals surface area contributed by atoms with E-state index >= 15 is 0 Å². The van der Waals surface area contributed by atoms with Gasteiger partial charge in [0.25, 0.3) is 6.43 Å². The fraction of sp³-hybridized carbons (Fsp3) is 0.429. The number of H-pyrrole nitrogens is 1. The fourth-order valence-corrected chi connectivity index (χ4v) is 2.39. The second-order valence-electron chi connectivity index (χ2n) is 5.06. The minimum Gasteiger partial charge on any atom is -0.334 e. The number of nitrogens with zero attached hydrogens (tertiary/aromatic N) is 2. The third-order valence-corrected chi connectivity index (χ3v) is 3.51. The number of nitrogens with one attached hydrogen (secondary N) is 1. The average Bonchev–Trinajstić information content (AvgIpc) is 3.19. The number of hydrogen-bond acceptors (Lipinski definition) is 2. The molecule has 0 atom stereocenters. The van der Waals surface area contributed by atoms with Gasteiger partial charge in [0.05, 0.1) is 24.2 Å². The number of carbonyl (C=O) groups excluding carboxylic acids is 1. The van der Waals surface area contributed by atoms with E-state index in [-0.39, 0.29) is 18.4 Å².